The molecule has 9 nitrogen and oxygen atoms in total. The largest absolute Gasteiger partial charge is 0.469 e. The first-order valence-corrected chi connectivity index (χ1v) is 9.70. The number of benzene rings is 1. The van der Waals surface area contributed by atoms with Crippen molar-refractivity contribution in [3.05, 3.63) is 52.3 Å². The molecule has 1 aromatic carbocycles. The summed E-state index contributed by atoms with van der Waals surface area (Å²) < 4.78 is 4.74. The van der Waals surface area contributed by atoms with Gasteiger partial charge in [0.1, 0.15) is 6.33 Å². The van der Waals surface area contributed by atoms with Crippen molar-refractivity contribution in [2.45, 2.75) is 32.2 Å². The van der Waals surface area contributed by atoms with Crippen molar-refractivity contribution in [1.82, 2.24) is 9.97 Å². The fourth-order valence-electron chi connectivity index (χ4n) is 3.48. The van der Waals surface area contributed by atoms with E-state index < -0.39 is 4.92 Å². The van der Waals surface area contributed by atoms with Crippen LogP contribution in [-0.2, 0) is 16.1 Å². The third kappa shape index (κ3) is 5.18. The first-order chi connectivity index (χ1) is 14.1. The van der Waals surface area contributed by atoms with E-state index in [0.717, 1.165) is 37.9 Å². The van der Waals surface area contributed by atoms with Gasteiger partial charge in [0.15, 0.2) is 0 Å². The first-order valence-electron chi connectivity index (χ1n) is 9.70. The Morgan fingerprint density at radius 1 is 1.21 bits per heavy atom. The Hall–Kier alpha value is -3.23. The lowest BCUT2D eigenvalue weighted by Gasteiger charge is -2.29. The maximum atomic E-state index is 12.0. The Balaban J connectivity index is 1.98. The van der Waals surface area contributed by atoms with Crippen molar-refractivity contribution >= 4 is 23.3 Å². The van der Waals surface area contributed by atoms with Gasteiger partial charge in [-0.05, 0) is 24.8 Å². The maximum Gasteiger partial charge on any atom is 0.353 e. The lowest BCUT2D eigenvalue weighted by molar-refractivity contribution is -0.383. The number of ether oxygens (including phenoxy) is 1. The molecule has 1 fully saturated rings. The fraction of sp³-hybridized carbons (Fsp3) is 0.450. The predicted octanol–water partition coefficient (Wildman–Crippen LogP) is 2.94. The minimum atomic E-state index is -0.421. The van der Waals surface area contributed by atoms with Gasteiger partial charge < -0.3 is 14.5 Å². The number of carbonyl (C=O) groups is 1. The van der Waals surface area contributed by atoms with Crippen molar-refractivity contribution in [1.29, 1.82) is 0 Å². The molecule has 2 heterocycles. The molecule has 0 saturated carbocycles. The van der Waals surface area contributed by atoms with Gasteiger partial charge in [-0.2, -0.15) is 0 Å². The summed E-state index contributed by atoms with van der Waals surface area (Å²) in [6, 6.07) is 9.58. The van der Waals surface area contributed by atoms with Crippen LogP contribution < -0.4 is 9.80 Å². The van der Waals surface area contributed by atoms with E-state index in [1.54, 1.807) is 4.90 Å². The highest BCUT2D eigenvalue weighted by atomic mass is 16.6. The van der Waals surface area contributed by atoms with Crippen LogP contribution in [0.25, 0.3) is 0 Å². The zero-order chi connectivity index (χ0) is 20.6. The van der Waals surface area contributed by atoms with Gasteiger partial charge in [-0.25, -0.2) is 9.97 Å². The summed E-state index contributed by atoms with van der Waals surface area (Å²) in [6.45, 7) is 2.10. The molecule has 0 N–H and O–H groups in total. The SMILES string of the molecule is COC(=O)CCN(Cc1ccccc1)c1ncnc(N2CCCCC2)c1[N+](=O)[O-]. The first kappa shape index (κ1) is 20.5. The molecule has 0 atom stereocenters. The van der Waals surface area contributed by atoms with E-state index in [4.69, 9.17) is 4.74 Å². The summed E-state index contributed by atoms with van der Waals surface area (Å²) in [7, 11) is 1.32. The summed E-state index contributed by atoms with van der Waals surface area (Å²) in [5.74, 6) is 0.185. The molecule has 0 unspecified atom stereocenters. The number of hydrogen-bond donors (Lipinski definition) is 0. The quantitative estimate of drug-likeness (QED) is 0.379. The Morgan fingerprint density at radius 2 is 1.93 bits per heavy atom. The minimum absolute atomic E-state index is 0.101. The Morgan fingerprint density at radius 3 is 2.59 bits per heavy atom. The second kappa shape index (κ2) is 9.81. The number of anilines is 2. The highest BCUT2D eigenvalue weighted by Crippen LogP contribution is 2.36. The number of piperidine rings is 1. The smallest absolute Gasteiger partial charge is 0.353 e. The van der Waals surface area contributed by atoms with Gasteiger partial charge in [-0.15, -0.1) is 0 Å². The second-order valence-corrected chi connectivity index (χ2v) is 6.91. The van der Waals surface area contributed by atoms with Crippen molar-refractivity contribution in [3.8, 4) is 0 Å². The van der Waals surface area contributed by atoms with Crippen LogP contribution in [-0.4, -0.2) is 47.6 Å². The fourth-order valence-corrected chi connectivity index (χ4v) is 3.48. The van der Waals surface area contributed by atoms with Gasteiger partial charge >= 0.3 is 11.7 Å². The molecule has 0 radical (unpaired) electrons. The van der Waals surface area contributed by atoms with E-state index in [1.165, 1.54) is 13.4 Å². The summed E-state index contributed by atoms with van der Waals surface area (Å²) in [6.07, 6.45) is 4.53. The van der Waals surface area contributed by atoms with E-state index in [0.29, 0.717) is 12.4 Å². The number of esters is 1. The number of hydrogen-bond acceptors (Lipinski definition) is 8. The van der Waals surface area contributed by atoms with E-state index in [9.17, 15) is 14.9 Å². The normalized spacial score (nSPS) is 13.8. The molecular weight excluding hydrogens is 374 g/mol. The predicted molar refractivity (Wildman–Crippen MR) is 109 cm³/mol. The average molecular weight is 399 g/mol. The number of methoxy groups -OCH3 is 1. The number of nitrogens with zero attached hydrogens (tertiary/aromatic N) is 5. The maximum absolute atomic E-state index is 12.0. The van der Waals surface area contributed by atoms with Crippen LogP contribution in [0.3, 0.4) is 0 Å². The van der Waals surface area contributed by atoms with Crippen molar-refractivity contribution < 1.29 is 14.5 Å². The standard InChI is InChI=1S/C20H25N5O4/c1-29-17(26)10-13-24(14-16-8-4-2-5-9-16)20-18(25(27)28)19(21-15-22-20)23-11-6-3-7-12-23/h2,4-5,8-9,15H,3,6-7,10-14H2,1H3. The summed E-state index contributed by atoms with van der Waals surface area (Å²) in [5.41, 5.74) is 0.847. The summed E-state index contributed by atoms with van der Waals surface area (Å²) in [4.78, 5) is 35.5. The van der Waals surface area contributed by atoms with Crippen molar-refractivity contribution in [3.63, 3.8) is 0 Å². The number of nitro groups is 1. The average Bonchev–Trinajstić information content (AvgIpc) is 2.77. The molecule has 0 amide bonds. The topological polar surface area (TPSA) is 102 Å². The van der Waals surface area contributed by atoms with E-state index in [2.05, 4.69) is 9.97 Å². The molecule has 154 valence electrons. The molecule has 0 bridgehead atoms. The van der Waals surface area contributed by atoms with E-state index in [1.807, 2.05) is 35.2 Å². The van der Waals surface area contributed by atoms with Crippen LogP contribution in [0.1, 0.15) is 31.2 Å². The van der Waals surface area contributed by atoms with Gasteiger partial charge in [0, 0.05) is 26.2 Å². The van der Waals surface area contributed by atoms with Gasteiger partial charge in [0.25, 0.3) is 0 Å². The van der Waals surface area contributed by atoms with Gasteiger partial charge in [-0.1, -0.05) is 30.3 Å². The minimum Gasteiger partial charge on any atom is -0.469 e. The number of carbonyl (C=O) groups excluding carboxylic acids is 1. The molecular formula is C20H25N5O4. The number of rotatable bonds is 8. The highest BCUT2D eigenvalue weighted by Gasteiger charge is 2.31. The molecule has 9 heteroatoms. The zero-order valence-electron chi connectivity index (χ0n) is 16.5. The van der Waals surface area contributed by atoms with Crippen LogP contribution in [0, 0.1) is 10.1 Å². The molecule has 1 aliphatic rings. The molecule has 0 aliphatic carbocycles. The molecule has 1 saturated heterocycles. The third-order valence-electron chi connectivity index (χ3n) is 4.95. The van der Waals surface area contributed by atoms with Crippen LogP contribution in [0.5, 0.6) is 0 Å². The van der Waals surface area contributed by atoms with E-state index >= 15 is 0 Å². The van der Waals surface area contributed by atoms with Crippen molar-refractivity contribution in [2.24, 2.45) is 0 Å². The molecule has 1 aliphatic heterocycles. The lowest BCUT2D eigenvalue weighted by atomic mass is 10.1. The highest BCUT2D eigenvalue weighted by molar-refractivity contribution is 5.73. The number of aromatic nitrogens is 2. The lowest BCUT2D eigenvalue weighted by Crippen LogP contribution is -2.32. The van der Waals surface area contributed by atoms with Crippen LogP contribution in [0.2, 0.25) is 0 Å². The monoisotopic (exact) mass is 399 g/mol. The van der Waals surface area contributed by atoms with Crippen molar-refractivity contribution in [2.75, 3.05) is 36.5 Å². The van der Waals surface area contributed by atoms with Gasteiger partial charge in [0.2, 0.25) is 11.6 Å². The van der Waals surface area contributed by atoms with Crippen LogP contribution >= 0.6 is 0 Å². The molecule has 3 rings (SSSR count). The van der Waals surface area contributed by atoms with Gasteiger partial charge in [0.05, 0.1) is 18.5 Å². The van der Waals surface area contributed by atoms with E-state index in [-0.39, 0.29) is 30.4 Å². The van der Waals surface area contributed by atoms with Crippen LogP contribution in [0.4, 0.5) is 17.3 Å². The molecule has 2 aromatic rings. The summed E-state index contributed by atoms with van der Waals surface area (Å²) in [5, 5.41) is 12.0. The molecule has 0 spiro atoms. The second-order valence-electron chi connectivity index (χ2n) is 6.91. The Bertz CT molecular complexity index is 840. The Kier molecular flexibility index (Phi) is 6.94. The van der Waals surface area contributed by atoms with Crippen LogP contribution in [0.15, 0.2) is 36.7 Å². The third-order valence-corrected chi connectivity index (χ3v) is 4.95. The Labute approximate surface area is 169 Å². The molecule has 1 aromatic heterocycles. The zero-order valence-corrected chi connectivity index (χ0v) is 16.5. The van der Waals surface area contributed by atoms with Gasteiger partial charge in [-0.3, -0.25) is 14.9 Å². The molecule has 29 heavy (non-hydrogen) atoms. The summed E-state index contributed by atoms with van der Waals surface area (Å²) >= 11 is 0.